The molecule has 1 aromatic rings. The van der Waals surface area contributed by atoms with Crippen molar-refractivity contribution in [1.29, 1.82) is 0 Å². The molecule has 2 N–H and O–H groups in total. The average molecular weight is 303 g/mol. The van der Waals surface area contributed by atoms with E-state index >= 15 is 0 Å². The number of carboxylic acid groups (broad SMARTS) is 1. The van der Waals surface area contributed by atoms with Crippen LogP contribution in [0.3, 0.4) is 0 Å². The number of hydrogen-bond acceptors (Lipinski definition) is 6. The number of nitrogens with zero attached hydrogens (tertiary/aromatic N) is 2. The Bertz CT molecular complexity index is 624. The minimum absolute atomic E-state index is 0.129. The molecule has 0 saturated carbocycles. The number of fused-ring (bicyclic) bond motifs is 1. The van der Waals surface area contributed by atoms with Crippen LogP contribution < -0.4 is 10.1 Å². The van der Waals surface area contributed by atoms with Crippen molar-refractivity contribution in [3.8, 4) is 5.75 Å². The first kappa shape index (κ1) is 14.5. The number of ether oxygens (including phenoxy) is 2. The number of hydrogen-bond donors (Lipinski definition) is 2. The van der Waals surface area contributed by atoms with E-state index < -0.39 is 12.0 Å². The van der Waals surface area contributed by atoms with Gasteiger partial charge in [-0.1, -0.05) is 0 Å². The standard InChI is InChI=1S/C15H17N3O4/c1-21-10-4-2-9(3-5-10)17-12-7-22-8-13-14(12)16-6-11(18-13)15(19)20/h2-5,11-12,17H,6-8H2,1H3,(H,19,20). The third kappa shape index (κ3) is 2.94. The third-order valence-corrected chi connectivity index (χ3v) is 3.61. The second-order valence-corrected chi connectivity index (χ2v) is 5.10. The van der Waals surface area contributed by atoms with Crippen molar-refractivity contribution in [3.63, 3.8) is 0 Å². The highest BCUT2D eigenvalue weighted by molar-refractivity contribution is 6.46. The van der Waals surface area contributed by atoms with Crippen LogP contribution in [0, 0.1) is 0 Å². The van der Waals surface area contributed by atoms with E-state index in [0.29, 0.717) is 18.9 Å². The van der Waals surface area contributed by atoms with Crippen LogP contribution in [0.4, 0.5) is 5.69 Å². The lowest BCUT2D eigenvalue weighted by atomic mass is 10.0. The first-order valence-electron chi connectivity index (χ1n) is 7.00. The van der Waals surface area contributed by atoms with Crippen LogP contribution in [-0.4, -0.2) is 61.5 Å². The highest BCUT2D eigenvalue weighted by Gasteiger charge is 2.31. The second-order valence-electron chi connectivity index (χ2n) is 5.10. The summed E-state index contributed by atoms with van der Waals surface area (Å²) in [6.07, 6.45) is 0. The van der Waals surface area contributed by atoms with E-state index in [2.05, 4.69) is 15.3 Å². The summed E-state index contributed by atoms with van der Waals surface area (Å²) in [6, 6.07) is 6.62. The van der Waals surface area contributed by atoms with Crippen molar-refractivity contribution >= 4 is 23.1 Å². The van der Waals surface area contributed by atoms with Crippen molar-refractivity contribution < 1.29 is 19.4 Å². The van der Waals surface area contributed by atoms with Crippen LogP contribution in [0.2, 0.25) is 0 Å². The van der Waals surface area contributed by atoms with E-state index in [1.807, 2.05) is 24.3 Å². The summed E-state index contributed by atoms with van der Waals surface area (Å²) < 4.78 is 10.6. The summed E-state index contributed by atoms with van der Waals surface area (Å²) in [5.41, 5.74) is 2.33. The average Bonchev–Trinajstić information content (AvgIpc) is 2.55. The quantitative estimate of drug-likeness (QED) is 0.860. The van der Waals surface area contributed by atoms with E-state index in [9.17, 15) is 4.79 Å². The molecular weight excluding hydrogens is 286 g/mol. The smallest absolute Gasteiger partial charge is 0.330 e. The number of anilines is 1. The van der Waals surface area contributed by atoms with Crippen molar-refractivity contribution in [2.24, 2.45) is 9.98 Å². The molecule has 1 saturated heterocycles. The van der Waals surface area contributed by atoms with Crippen molar-refractivity contribution in [1.82, 2.24) is 0 Å². The van der Waals surface area contributed by atoms with Gasteiger partial charge in [-0.15, -0.1) is 0 Å². The molecule has 0 amide bonds. The Morgan fingerprint density at radius 3 is 2.86 bits per heavy atom. The minimum Gasteiger partial charge on any atom is -0.497 e. The van der Waals surface area contributed by atoms with Gasteiger partial charge in [0.25, 0.3) is 0 Å². The van der Waals surface area contributed by atoms with Gasteiger partial charge in [0.15, 0.2) is 6.04 Å². The normalized spacial score (nSPS) is 23.9. The van der Waals surface area contributed by atoms with Crippen LogP contribution >= 0.6 is 0 Å². The molecule has 2 aliphatic heterocycles. The van der Waals surface area contributed by atoms with Gasteiger partial charge in [-0.2, -0.15) is 0 Å². The van der Waals surface area contributed by atoms with Crippen molar-refractivity contribution in [3.05, 3.63) is 24.3 Å². The molecule has 2 unspecified atom stereocenters. The summed E-state index contributed by atoms with van der Waals surface area (Å²) in [6.45, 7) is 0.958. The molecule has 0 radical (unpaired) electrons. The predicted molar refractivity (Wildman–Crippen MR) is 82.4 cm³/mol. The lowest BCUT2D eigenvalue weighted by Crippen LogP contribution is -2.48. The molecule has 3 rings (SSSR count). The van der Waals surface area contributed by atoms with Gasteiger partial charge in [-0.25, -0.2) is 4.79 Å². The largest absolute Gasteiger partial charge is 0.497 e. The van der Waals surface area contributed by atoms with E-state index in [1.165, 1.54) is 0 Å². The highest BCUT2D eigenvalue weighted by atomic mass is 16.5. The number of methoxy groups -OCH3 is 1. The Balaban J connectivity index is 1.74. The molecule has 2 atom stereocenters. The van der Waals surface area contributed by atoms with Gasteiger partial charge in [0.05, 0.1) is 44.3 Å². The Hall–Kier alpha value is -2.41. The molecule has 116 valence electrons. The number of aliphatic imine (C=N–C) groups is 2. The summed E-state index contributed by atoms with van der Waals surface area (Å²) in [5.74, 6) is -0.174. The SMILES string of the molecule is COc1ccc(NC2COCC3=NC(C(=O)O)CN=C32)cc1. The minimum atomic E-state index is -0.958. The van der Waals surface area contributed by atoms with Crippen LogP contribution in [0.25, 0.3) is 0 Å². The zero-order valence-corrected chi connectivity index (χ0v) is 12.2. The summed E-state index contributed by atoms with van der Waals surface area (Å²) in [7, 11) is 1.62. The molecule has 0 bridgehead atoms. The Morgan fingerprint density at radius 1 is 1.41 bits per heavy atom. The molecule has 1 aromatic carbocycles. The summed E-state index contributed by atoms with van der Waals surface area (Å²) in [4.78, 5) is 19.6. The number of carboxylic acids is 1. The molecular formula is C15H17N3O4. The molecule has 0 aliphatic carbocycles. The maximum atomic E-state index is 11.0. The molecule has 0 spiro atoms. The van der Waals surface area contributed by atoms with Gasteiger partial charge >= 0.3 is 5.97 Å². The fraction of sp³-hybridized carbons (Fsp3) is 0.400. The Kier molecular flexibility index (Phi) is 4.06. The zero-order valence-electron chi connectivity index (χ0n) is 12.2. The molecule has 1 fully saturated rings. The first-order chi connectivity index (χ1) is 10.7. The molecule has 7 heteroatoms. The third-order valence-electron chi connectivity index (χ3n) is 3.61. The number of aliphatic carboxylic acids is 1. The lowest BCUT2D eigenvalue weighted by molar-refractivity contribution is -0.138. The van der Waals surface area contributed by atoms with E-state index in [0.717, 1.165) is 17.1 Å². The Morgan fingerprint density at radius 2 is 2.18 bits per heavy atom. The zero-order chi connectivity index (χ0) is 15.5. The number of rotatable bonds is 4. The number of nitrogens with one attached hydrogen (secondary N) is 1. The molecule has 2 aliphatic rings. The van der Waals surface area contributed by atoms with Gasteiger partial charge in [0, 0.05) is 5.69 Å². The van der Waals surface area contributed by atoms with Gasteiger partial charge in [-0.05, 0) is 24.3 Å². The van der Waals surface area contributed by atoms with Crippen molar-refractivity contribution in [2.75, 3.05) is 32.2 Å². The van der Waals surface area contributed by atoms with E-state index in [4.69, 9.17) is 14.6 Å². The highest BCUT2D eigenvalue weighted by Crippen LogP contribution is 2.19. The van der Waals surface area contributed by atoms with Gasteiger partial charge in [-0.3, -0.25) is 9.98 Å². The monoisotopic (exact) mass is 303 g/mol. The fourth-order valence-electron chi connectivity index (χ4n) is 2.48. The van der Waals surface area contributed by atoms with Crippen LogP contribution in [0.5, 0.6) is 5.75 Å². The molecule has 2 heterocycles. The van der Waals surface area contributed by atoms with Crippen LogP contribution in [0.1, 0.15) is 0 Å². The van der Waals surface area contributed by atoms with Gasteiger partial charge in [0.1, 0.15) is 5.75 Å². The lowest BCUT2D eigenvalue weighted by Gasteiger charge is -2.30. The van der Waals surface area contributed by atoms with E-state index in [-0.39, 0.29) is 12.6 Å². The van der Waals surface area contributed by atoms with Gasteiger partial charge < -0.3 is 19.9 Å². The second kappa shape index (κ2) is 6.15. The van der Waals surface area contributed by atoms with E-state index in [1.54, 1.807) is 7.11 Å². The molecule has 7 nitrogen and oxygen atoms in total. The Labute approximate surface area is 127 Å². The maximum Gasteiger partial charge on any atom is 0.330 e. The topological polar surface area (TPSA) is 92.5 Å². The molecule has 22 heavy (non-hydrogen) atoms. The van der Waals surface area contributed by atoms with Crippen LogP contribution in [-0.2, 0) is 9.53 Å². The predicted octanol–water partition coefficient (Wildman–Crippen LogP) is 0.855. The number of carbonyl (C=O) groups is 1. The van der Waals surface area contributed by atoms with Gasteiger partial charge in [0.2, 0.25) is 0 Å². The van der Waals surface area contributed by atoms with Crippen LogP contribution in [0.15, 0.2) is 34.3 Å². The first-order valence-corrected chi connectivity index (χ1v) is 7.00. The summed E-state index contributed by atoms with van der Waals surface area (Å²) >= 11 is 0. The number of benzene rings is 1. The molecule has 0 aromatic heterocycles. The summed E-state index contributed by atoms with van der Waals surface area (Å²) in [5, 5.41) is 12.4. The maximum absolute atomic E-state index is 11.0. The van der Waals surface area contributed by atoms with Crippen molar-refractivity contribution in [2.45, 2.75) is 12.1 Å². The fourth-order valence-corrected chi connectivity index (χ4v) is 2.48.